The highest BCUT2D eigenvalue weighted by atomic mass is 15.5. The first-order valence-corrected chi connectivity index (χ1v) is 5.84. The van der Waals surface area contributed by atoms with Gasteiger partial charge in [-0.1, -0.05) is 0 Å². The van der Waals surface area contributed by atoms with Crippen molar-refractivity contribution in [1.82, 2.24) is 19.9 Å². The van der Waals surface area contributed by atoms with Crippen molar-refractivity contribution in [2.45, 2.75) is 26.4 Å². The Morgan fingerprint density at radius 2 is 1.80 bits per heavy atom. The molecular weight excluding hydrogens is 188 g/mol. The van der Waals surface area contributed by atoms with Gasteiger partial charge in [0.2, 0.25) is 0 Å². The van der Waals surface area contributed by atoms with Gasteiger partial charge in [0.15, 0.2) is 0 Å². The zero-order chi connectivity index (χ0) is 10.4. The fourth-order valence-corrected chi connectivity index (χ4v) is 2.90. The van der Waals surface area contributed by atoms with E-state index in [4.69, 9.17) is 0 Å². The Kier molecular flexibility index (Phi) is 2.06. The molecule has 0 radical (unpaired) electrons. The summed E-state index contributed by atoms with van der Waals surface area (Å²) in [6.45, 7) is 8.17. The first-order chi connectivity index (χ1) is 7.25. The van der Waals surface area contributed by atoms with E-state index in [0.29, 0.717) is 6.04 Å². The van der Waals surface area contributed by atoms with Gasteiger partial charge >= 0.3 is 0 Å². The van der Waals surface area contributed by atoms with Crippen LogP contribution in [0.4, 0.5) is 0 Å². The second-order valence-electron chi connectivity index (χ2n) is 5.12. The van der Waals surface area contributed by atoms with Crippen LogP contribution in [-0.4, -0.2) is 39.0 Å². The number of likely N-dealkylation sites (tertiary alicyclic amines) is 1. The van der Waals surface area contributed by atoms with Crippen molar-refractivity contribution in [3.63, 3.8) is 0 Å². The maximum atomic E-state index is 4.17. The molecule has 82 valence electrons. The maximum Gasteiger partial charge on any atom is 0.0693 e. The number of hydrogen-bond donors (Lipinski definition) is 0. The largest absolute Gasteiger partial charge is 0.300 e. The first-order valence-electron chi connectivity index (χ1n) is 5.84. The average Bonchev–Trinajstić information content (AvgIpc) is 2.62. The topological polar surface area (TPSA) is 34.0 Å². The number of aromatic nitrogens is 3. The van der Waals surface area contributed by atoms with Crippen molar-refractivity contribution in [2.24, 2.45) is 17.8 Å². The van der Waals surface area contributed by atoms with E-state index < -0.39 is 0 Å². The molecule has 15 heavy (non-hydrogen) atoms. The molecule has 4 heteroatoms. The lowest BCUT2D eigenvalue weighted by molar-refractivity contribution is 0.226. The first kappa shape index (κ1) is 9.33. The number of piperidine rings is 1. The summed E-state index contributed by atoms with van der Waals surface area (Å²) in [6, 6.07) is 0.710. The second kappa shape index (κ2) is 3.30. The average molecular weight is 206 g/mol. The van der Waals surface area contributed by atoms with Crippen LogP contribution in [0.2, 0.25) is 0 Å². The minimum absolute atomic E-state index is 0.710. The van der Waals surface area contributed by atoms with Gasteiger partial charge in [0.1, 0.15) is 0 Å². The summed E-state index contributed by atoms with van der Waals surface area (Å²) in [5.74, 6) is 2.67. The predicted molar refractivity (Wildman–Crippen MR) is 57.2 cm³/mol. The summed E-state index contributed by atoms with van der Waals surface area (Å²) in [6.07, 6.45) is 3.52. The van der Waals surface area contributed by atoms with Crippen LogP contribution in [-0.2, 0) is 6.54 Å². The molecule has 1 aliphatic carbocycles. The molecule has 0 bridgehead atoms. The summed E-state index contributed by atoms with van der Waals surface area (Å²) in [4.78, 5) is 4.42. The summed E-state index contributed by atoms with van der Waals surface area (Å²) in [7, 11) is 0. The highest BCUT2D eigenvalue weighted by Crippen LogP contribution is 2.52. The Morgan fingerprint density at radius 3 is 2.33 bits per heavy atom. The van der Waals surface area contributed by atoms with Crippen molar-refractivity contribution in [1.29, 1.82) is 0 Å². The second-order valence-corrected chi connectivity index (χ2v) is 5.12. The summed E-state index contributed by atoms with van der Waals surface area (Å²) >= 11 is 0. The van der Waals surface area contributed by atoms with Crippen LogP contribution in [0.5, 0.6) is 0 Å². The van der Waals surface area contributed by atoms with Gasteiger partial charge in [-0.3, -0.25) is 0 Å². The summed E-state index contributed by atoms with van der Waals surface area (Å²) in [5.41, 5.74) is 0. The smallest absolute Gasteiger partial charge is 0.0693 e. The molecule has 2 fully saturated rings. The van der Waals surface area contributed by atoms with Crippen LogP contribution in [0.1, 0.15) is 13.8 Å². The highest BCUT2D eigenvalue weighted by Gasteiger charge is 2.55. The molecule has 1 aromatic rings. The van der Waals surface area contributed by atoms with E-state index in [2.05, 4.69) is 28.9 Å². The lowest BCUT2D eigenvalue weighted by Crippen LogP contribution is -2.31. The zero-order valence-electron chi connectivity index (χ0n) is 9.37. The minimum atomic E-state index is 0.710. The van der Waals surface area contributed by atoms with E-state index in [9.17, 15) is 0 Å². The fraction of sp³-hybridized carbons (Fsp3) is 0.818. The quantitative estimate of drug-likeness (QED) is 0.735. The van der Waals surface area contributed by atoms with Crippen molar-refractivity contribution in [3.05, 3.63) is 12.4 Å². The van der Waals surface area contributed by atoms with Gasteiger partial charge in [0.05, 0.1) is 18.9 Å². The Labute approximate surface area is 90.3 Å². The van der Waals surface area contributed by atoms with Crippen LogP contribution >= 0.6 is 0 Å². The molecular formula is C11H18N4. The Balaban J connectivity index is 1.55. The Hall–Kier alpha value is -0.900. The lowest BCUT2D eigenvalue weighted by Gasteiger charge is -2.23. The molecule has 0 spiro atoms. The maximum absolute atomic E-state index is 4.17. The van der Waals surface area contributed by atoms with Crippen LogP contribution in [0.15, 0.2) is 12.4 Å². The standard InChI is InChI=1S/C11H18N4/c1-8(2)14-5-9-10(6-14)11(9)7-15-12-3-4-13-15/h3-4,8-11H,5-7H2,1-2H3/t9-,10+,11-. The van der Waals surface area contributed by atoms with Crippen LogP contribution in [0, 0.1) is 17.8 Å². The summed E-state index contributed by atoms with van der Waals surface area (Å²) in [5, 5.41) is 8.34. The molecule has 1 aromatic heterocycles. The van der Waals surface area contributed by atoms with Gasteiger partial charge in [-0.25, -0.2) is 0 Å². The highest BCUT2D eigenvalue weighted by molar-refractivity contribution is 5.04. The van der Waals surface area contributed by atoms with Crippen LogP contribution in [0.25, 0.3) is 0 Å². The molecule has 3 rings (SSSR count). The van der Waals surface area contributed by atoms with Crippen LogP contribution in [0.3, 0.4) is 0 Å². The molecule has 4 nitrogen and oxygen atoms in total. The third-order valence-corrected chi connectivity index (χ3v) is 3.97. The molecule has 1 aliphatic heterocycles. The SMILES string of the molecule is CC(C)N1C[C@@H]2[C@H](C1)[C@@H]2Cn1nccn1. The van der Waals surface area contributed by atoms with Gasteiger partial charge in [-0.2, -0.15) is 15.0 Å². The fourth-order valence-electron chi connectivity index (χ4n) is 2.90. The third-order valence-electron chi connectivity index (χ3n) is 3.97. The van der Waals surface area contributed by atoms with Gasteiger partial charge in [0, 0.05) is 19.1 Å². The van der Waals surface area contributed by atoms with E-state index in [1.165, 1.54) is 13.1 Å². The van der Waals surface area contributed by atoms with E-state index in [1.54, 1.807) is 12.4 Å². The van der Waals surface area contributed by atoms with Crippen molar-refractivity contribution >= 4 is 0 Å². The molecule has 0 amide bonds. The predicted octanol–water partition coefficient (Wildman–Crippen LogP) is 0.864. The van der Waals surface area contributed by atoms with Crippen LogP contribution < -0.4 is 0 Å². The van der Waals surface area contributed by atoms with Gasteiger partial charge in [-0.05, 0) is 31.6 Å². The lowest BCUT2D eigenvalue weighted by atomic mass is 10.2. The number of nitrogens with zero attached hydrogens (tertiary/aromatic N) is 4. The van der Waals surface area contributed by atoms with E-state index in [0.717, 1.165) is 24.3 Å². The molecule has 1 saturated heterocycles. The van der Waals surface area contributed by atoms with Crippen molar-refractivity contribution < 1.29 is 0 Å². The van der Waals surface area contributed by atoms with E-state index in [1.807, 2.05) is 4.80 Å². The molecule has 2 heterocycles. The Bertz CT molecular complexity index is 320. The van der Waals surface area contributed by atoms with Crippen molar-refractivity contribution in [3.8, 4) is 0 Å². The van der Waals surface area contributed by atoms with Gasteiger partial charge < -0.3 is 4.90 Å². The molecule has 0 aromatic carbocycles. The molecule has 2 aliphatic rings. The van der Waals surface area contributed by atoms with E-state index >= 15 is 0 Å². The number of fused-ring (bicyclic) bond motifs is 1. The van der Waals surface area contributed by atoms with E-state index in [-0.39, 0.29) is 0 Å². The van der Waals surface area contributed by atoms with Crippen molar-refractivity contribution in [2.75, 3.05) is 13.1 Å². The number of rotatable bonds is 3. The monoisotopic (exact) mass is 206 g/mol. The summed E-state index contributed by atoms with van der Waals surface area (Å²) < 4.78 is 0. The normalized spacial score (nSPS) is 34.7. The van der Waals surface area contributed by atoms with Gasteiger partial charge in [0.25, 0.3) is 0 Å². The third kappa shape index (κ3) is 1.57. The zero-order valence-corrected chi connectivity index (χ0v) is 9.37. The minimum Gasteiger partial charge on any atom is -0.300 e. The number of hydrogen-bond acceptors (Lipinski definition) is 3. The Morgan fingerprint density at radius 1 is 1.20 bits per heavy atom. The molecule has 0 N–H and O–H groups in total. The van der Waals surface area contributed by atoms with Gasteiger partial charge in [-0.15, -0.1) is 0 Å². The molecule has 1 saturated carbocycles. The molecule has 0 unspecified atom stereocenters. The molecule has 3 atom stereocenters.